The number of pyridine rings is 1. The Morgan fingerprint density at radius 2 is 1.71 bits per heavy atom. The van der Waals surface area contributed by atoms with Crippen molar-refractivity contribution in [2.45, 2.75) is 32.5 Å². The number of aromatic nitrogens is 1. The van der Waals surface area contributed by atoms with Gasteiger partial charge in [0.25, 0.3) is 0 Å². The number of hydrogen-bond acceptors (Lipinski definition) is 6. The highest BCUT2D eigenvalue weighted by Gasteiger charge is 2.37. The third kappa shape index (κ3) is 4.83. The van der Waals surface area contributed by atoms with E-state index in [0.717, 1.165) is 6.21 Å². The molecule has 1 unspecified atom stereocenters. The zero-order valence-electron chi connectivity index (χ0n) is 15.8. The van der Waals surface area contributed by atoms with Gasteiger partial charge >= 0.3 is 6.11 Å². The minimum Gasteiger partial charge on any atom is -0.456 e. The van der Waals surface area contributed by atoms with Gasteiger partial charge in [-0.1, -0.05) is 13.8 Å². The molecule has 0 aliphatic carbocycles. The van der Waals surface area contributed by atoms with E-state index in [2.05, 4.69) is 9.72 Å². The molecule has 1 aromatic heterocycles. The van der Waals surface area contributed by atoms with Gasteiger partial charge in [-0.2, -0.15) is 8.78 Å². The van der Waals surface area contributed by atoms with Crippen molar-refractivity contribution >= 4 is 6.21 Å². The number of nitrogens with two attached hydrogens (primary N) is 1. The maximum atomic E-state index is 12.8. The van der Waals surface area contributed by atoms with Gasteiger partial charge in [0.1, 0.15) is 22.8 Å². The van der Waals surface area contributed by atoms with Crippen LogP contribution in [0.5, 0.6) is 17.2 Å². The molecular weight excluding hydrogens is 368 g/mol. The third-order valence-corrected chi connectivity index (χ3v) is 4.09. The topological polar surface area (TPSA) is 101 Å². The predicted octanol–water partition coefficient (Wildman–Crippen LogP) is 4.20. The molecule has 150 valence electrons. The second kappa shape index (κ2) is 8.35. The number of hydrogen-bond donors (Lipinski definition) is 3. The van der Waals surface area contributed by atoms with E-state index >= 15 is 0 Å². The van der Waals surface area contributed by atoms with Gasteiger partial charge in [0.15, 0.2) is 0 Å². The Balaban J connectivity index is 2.19. The maximum absolute atomic E-state index is 12.8. The first-order valence-electron chi connectivity index (χ1n) is 8.56. The molecule has 2 rings (SSSR count). The van der Waals surface area contributed by atoms with Crippen molar-refractivity contribution in [3.8, 4) is 17.2 Å². The summed E-state index contributed by atoms with van der Waals surface area (Å²) in [5, 5.41) is 18.5. The average molecular weight is 391 g/mol. The first-order valence-corrected chi connectivity index (χ1v) is 8.56. The van der Waals surface area contributed by atoms with Gasteiger partial charge in [-0.15, -0.1) is 0 Å². The summed E-state index contributed by atoms with van der Waals surface area (Å²) in [6.45, 7) is 4.25. The SMILES string of the molecule is CC(C)C(O)(/C(C=N)=C/N)c1ccc(Oc2ccc(OC(C)(F)F)cc2)cn1. The summed E-state index contributed by atoms with van der Waals surface area (Å²) in [5.74, 6) is 0.524. The lowest BCUT2D eigenvalue weighted by molar-refractivity contribution is -0.158. The lowest BCUT2D eigenvalue weighted by atomic mass is 9.80. The van der Waals surface area contributed by atoms with Gasteiger partial charge in [-0.25, -0.2) is 0 Å². The fourth-order valence-corrected chi connectivity index (χ4v) is 2.65. The molecule has 2 aromatic rings. The molecule has 0 saturated carbocycles. The van der Waals surface area contributed by atoms with E-state index in [-0.39, 0.29) is 17.2 Å². The quantitative estimate of drug-likeness (QED) is 0.586. The summed E-state index contributed by atoms with van der Waals surface area (Å²) >= 11 is 0. The number of alkyl halides is 2. The van der Waals surface area contributed by atoms with Gasteiger partial charge in [-0.05, 0) is 42.3 Å². The van der Waals surface area contributed by atoms with Crippen molar-refractivity contribution in [1.29, 1.82) is 5.41 Å². The van der Waals surface area contributed by atoms with Crippen molar-refractivity contribution in [1.82, 2.24) is 4.98 Å². The van der Waals surface area contributed by atoms with E-state index in [4.69, 9.17) is 15.9 Å². The number of nitrogens with one attached hydrogen (secondary N) is 1. The lowest BCUT2D eigenvalue weighted by Crippen LogP contribution is -2.36. The van der Waals surface area contributed by atoms with Crippen LogP contribution in [0.4, 0.5) is 8.78 Å². The van der Waals surface area contributed by atoms with Crippen LogP contribution in [0.3, 0.4) is 0 Å². The van der Waals surface area contributed by atoms with E-state index in [0.29, 0.717) is 24.1 Å². The second-order valence-electron chi connectivity index (χ2n) is 6.55. The molecule has 6 nitrogen and oxygen atoms in total. The maximum Gasteiger partial charge on any atom is 0.394 e. The second-order valence-corrected chi connectivity index (χ2v) is 6.55. The Labute approximate surface area is 162 Å². The fraction of sp³-hybridized carbons (Fsp3) is 0.300. The number of aliphatic hydroxyl groups is 1. The summed E-state index contributed by atoms with van der Waals surface area (Å²) < 4.78 is 35.8. The smallest absolute Gasteiger partial charge is 0.394 e. The van der Waals surface area contributed by atoms with Crippen LogP contribution in [0.2, 0.25) is 0 Å². The van der Waals surface area contributed by atoms with E-state index in [1.807, 2.05) is 0 Å². The monoisotopic (exact) mass is 391 g/mol. The van der Waals surface area contributed by atoms with E-state index in [9.17, 15) is 13.9 Å². The molecule has 28 heavy (non-hydrogen) atoms. The van der Waals surface area contributed by atoms with Crippen LogP contribution >= 0.6 is 0 Å². The molecule has 0 fully saturated rings. The van der Waals surface area contributed by atoms with Crippen LogP contribution < -0.4 is 15.2 Å². The van der Waals surface area contributed by atoms with Crippen LogP contribution in [0.25, 0.3) is 0 Å². The average Bonchev–Trinajstić information content (AvgIpc) is 2.63. The Hall–Kier alpha value is -3.00. The highest BCUT2D eigenvalue weighted by atomic mass is 19.3. The van der Waals surface area contributed by atoms with Crippen LogP contribution in [0.1, 0.15) is 26.5 Å². The molecule has 0 radical (unpaired) electrons. The van der Waals surface area contributed by atoms with E-state index in [1.165, 1.54) is 36.7 Å². The number of benzene rings is 1. The molecular formula is C20H23F2N3O3. The standard InChI is InChI=1S/C20H23F2N3O3/c1-13(2)20(26,14(10-23)11-24)18-9-8-17(12-25-18)27-15-4-6-16(7-5-15)28-19(3,21)22/h4-13,23,26H,24H2,1-3H3/b14-11+,23-10?. The van der Waals surface area contributed by atoms with Crippen molar-refractivity contribution in [2.24, 2.45) is 11.7 Å². The molecule has 1 atom stereocenters. The number of ether oxygens (including phenoxy) is 2. The van der Waals surface area contributed by atoms with E-state index in [1.54, 1.807) is 26.0 Å². The molecule has 1 aromatic carbocycles. The van der Waals surface area contributed by atoms with Gasteiger partial charge in [0.05, 0.1) is 11.9 Å². The van der Waals surface area contributed by atoms with Crippen LogP contribution in [0, 0.1) is 11.3 Å². The fourth-order valence-electron chi connectivity index (χ4n) is 2.65. The summed E-state index contributed by atoms with van der Waals surface area (Å²) in [5.41, 5.74) is 4.58. The number of nitrogens with zero attached hydrogens (tertiary/aromatic N) is 1. The zero-order chi connectivity index (χ0) is 20.9. The highest BCUT2D eigenvalue weighted by Crippen LogP contribution is 2.35. The third-order valence-electron chi connectivity index (χ3n) is 4.09. The summed E-state index contributed by atoms with van der Waals surface area (Å²) in [6.07, 6.45) is 0.339. The minimum absolute atomic E-state index is 0.0167. The number of halogens is 2. The molecule has 0 spiro atoms. The van der Waals surface area contributed by atoms with Gasteiger partial charge < -0.3 is 25.7 Å². The van der Waals surface area contributed by atoms with Gasteiger partial charge in [-0.3, -0.25) is 4.98 Å². The Morgan fingerprint density at radius 3 is 2.14 bits per heavy atom. The Kier molecular flexibility index (Phi) is 6.35. The normalized spacial score (nSPS) is 14.5. The van der Waals surface area contributed by atoms with Crippen molar-refractivity contribution in [3.05, 3.63) is 60.1 Å². The van der Waals surface area contributed by atoms with Gasteiger partial charge in [0, 0.05) is 24.9 Å². The zero-order valence-corrected chi connectivity index (χ0v) is 15.8. The van der Waals surface area contributed by atoms with Crippen LogP contribution in [0.15, 0.2) is 54.4 Å². The number of rotatable bonds is 8. The lowest BCUT2D eigenvalue weighted by Gasteiger charge is -2.32. The Bertz CT molecular complexity index is 831. The molecule has 0 amide bonds. The van der Waals surface area contributed by atoms with Crippen LogP contribution in [-0.4, -0.2) is 22.4 Å². The van der Waals surface area contributed by atoms with E-state index < -0.39 is 11.7 Å². The molecule has 0 saturated heterocycles. The highest BCUT2D eigenvalue weighted by molar-refractivity contribution is 5.79. The summed E-state index contributed by atoms with van der Waals surface area (Å²) in [7, 11) is 0. The van der Waals surface area contributed by atoms with Crippen LogP contribution in [-0.2, 0) is 5.60 Å². The van der Waals surface area contributed by atoms with Gasteiger partial charge in [0.2, 0.25) is 0 Å². The molecule has 4 N–H and O–H groups in total. The molecule has 0 aliphatic rings. The predicted molar refractivity (Wildman–Crippen MR) is 102 cm³/mol. The minimum atomic E-state index is -3.26. The first-order chi connectivity index (χ1) is 13.1. The summed E-state index contributed by atoms with van der Waals surface area (Å²) in [4.78, 5) is 4.25. The molecule has 0 bridgehead atoms. The summed E-state index contributed by atoms with van der Waals surface area (Å²) in [6, 6.07) is 8.91. The molecule has 1 heterocycles. The Morgan fingerprint density at radius 1 is 1.14 bits per heavy atom. The molecule has 0 aliphatic heterocycles. The van der Waals surface area contributed by atoms with Crippen molar-refractivity contribution in [2.75, 3.05) is 0 Å². The van der Waals surface area contributed by atoms with Crippen molar-refractivity contribution in [3.63, 3.8) is 0 Å². The first kappa shape index (κ1) is 21.3. The largest absolute Gasteiger partial charge is 0.456 e. The molecule has 8 heteroatoms. The van der Waals surface area contributed by atoms with Crippen molar-refractivity contribution < 1.29 is 23.4 Å².